The summed E-state index contributed by atoms with van der Waals surface area (Å²) in [5.74, 6) is 0.948. The highest BCUT2D eigenvalue weighted by molar-refractivity contribution is 9.09. The average Bonchev–Trinajstić information content (AvgIpc) is 1.64. The zero-order valence-corrected chi connectivity index (χ0v) is 6.74. The maximum atomic E-state index is 3.54. The number of nitrogens with one attached hydrogen (secondary N) is 1. The first kappa shape index (κ1) is 6.56. The van der Waals surface area contributed by atoms with Crippen molar-refractivity contribution in [2.24, 2.45) is 5.92 Å². The second-order valence-electron chi connectivity index (χ2n) is 2.49. The highest BCUT2D eigenvalue weighted by atomic mass is 79.9. The minimum atomic E-state index is 0.820. The molecule has 0 bridgehead atoms. The lowest BCUT2D eigenvalue weighted by Crippen LogP contribution is -2.31. The normalized spacial score (nSPS) is 36.8. The fourth-order valence-electron chi connectivity index (χ4n) is 1.11. The molecule has 1 fully saturated rings. The van der Waals surface area contributed by atoms with Crippen LogP contribution in [0.1, 0.15) is 12.8 Å². The number of hydrogen-bond donors (Lipinski definition) is 1. The van der Waals surface area contributed by atoms with Crippen LogP contribution in [0.3, 0.4) is 0 Å². The van der Waals surface area contributed by atoms with E-state index >= 15 is 0 Å². The average molecular weight is 178 g/mol. The lowest BCUT2D eigenvalue weighted by atomic mass is 9.85. The Morgan fingerprint density at radius 3 is 2.62 bits per heavy atom. The van der Waals surface area contributed by atoms with Gasteiger partial charge in [-0.3, -0.25) is 0 Å². The molecule has 0 atom stereocenters. The van der Waals surface area contributed by atoms with Crippen molar-refractivity contribution in [3.05, 3.63) is 0 Å². The summed E-state index contributed by atoms with van der Waals surface area (Å²) < 4.78 is 0. The van der Waals surface area contributed by atoms with Gasteiger partial charge in [0.05, 0.1) is 0 Å². The Hall–Kier alpha value is 0.440. The molecule has 0 spiro atoms. The predicted octanol–water partition coefficient (Wildman–Crippen LogP) is 1.38. The van der Waals surface area contributed by atoms with E-state index < -0.39 is 0 Å². The summed E-state index contributed by atoms with van der Waals surface area (Å²) in [4.78, 5) is 0.820. The number of halogens is 1. The quantitative estimate of drug-likeness (QED) is 0.630. The van der Waals surface area contributed by atoms with Crippen LogP contribution in [0.15, 0.2) is 0 Å². The van der Waals surface area contributed by atoms with Gasteiger partial charge in [0.15, 0.2) is 0 Å². The third-order valence-electron chi connectivity index (χ3n) is 1.67. The molecule has 0 saturated heterocycles. The van der Waals surface area contributed by atoms with Gasteiger partial charge in [-0.25, -0.2) is 0 Å². The van der Waals surface area contributed by atoms with Gasteiger partial charge in [0.25, 0.3) is 0 Å². The summed E-state index contributed by atoms with van der Waals surface area (Å²) in [5, 5.41) is 3.17. The summed E-state index contributed by atoms with van der Waals surface area (Å²) >= 11 is 3.54. The zero-order valence-electron chi connectivity index (χ0n) is 5.15. The van der Waals surface area contributed by atoms with Crippen LogP contribution in [-0.4, -0.2) is 18.4 Å². The topological polar surface area (TPSA) is 12.0 Å². The van der Waals surface area contributed by atoms with E-state index in [1.807, 2.05) is 7.05 Å². The molecule has 0 aromatic rings. The van der Waals surface area contributed by atoms with Crippen molar-refractivity contribution < 1.29 is 0 Å². The summed E-state index contributed by atoms with van der Waals surface area (Å²) in [6, 6.07) is 0. The number of rotatable bonds is 2. The van der Waals surface area contributed by atoms with Crippen LogP contribution < -0.4 is 5.32 Å². The van der Waals surface area contributed by atoms with E-state index in [-0.39, 0.29) is 0 Å². The molecule has 0 aromatic carbocycles. The van der Waals surface area contributed by atoms with Crippen LogP contribution in [0.5, 0.6) is 0 Å². The Labute approximate surface area is 59.0 Å². The summed E-state index contributed by atoms with van der Waals surface area (Å²) in [6.45, 7) is 1.20. The van der Waals surface area contributed by atoms with Crippen LogP contribution >= 0.6 is 15.9 Å². The molecule has 1 aliphatic rings. The Kier molecular flexibility index (Phi) is 2.32. The number of hydrogen-bond acceptors (Lipinski definition) is 1. The van der Waals surface area contributed by atoms with E-state index in [9.17, 15) is 0 Å². The predicted molar refractivity (Wildman–Crippen MR) is 39.4 cm³/mol. The molecule has 2 heteroatoms. The molecule has 1 nitrogen and oxygen atoms in total. The van der Waals surface area contributed by atoms with Gasteiger partial charge >= 0.3 is 0 Å². The highest BCUT2D eigenvalue weighted by Gasteiger charge is 2.25. The molecular weight excluding hydrogens is 166 g/mol. The van der Waals surface area contributed by atoms with Crippen LogP contribution in [0.25, 0.3) is 0 Å². The van der Waals surface area contributed by atoms with Gasteiger partial charge in [0.2, 0.25) is 0 Å². The van der Waals surface area contributed by atoms with Crippen LogP contribution in [0.4, 0.5) is 0 Å². The SMILES string of the molecule is CNCC1CC(Br)C1. The van der Waals surface area contributed by atoms with Crippen molar-refractivity contribution >= 4 is 15.9 Å². The van der Waals surface area contributed by atoms with E-state index in [2.05, 4.69) is 21.2 Å². The monoisotopic (exact) mass is 177 g/mol. The molecule has 0 unspecified atom stereocenters. The zero-order chi connectivity index (χ0) is 5.98. The molecule has 0 aliphatic heterocycles. The van der Waals surface area contributed by atoms with Crippen molar-refractivity contribution in [2.45, 2.75) is 17.7 Å². The van der Waals surface area contributed by atoms with Crippen molar-refractivity contribution in [3.63, 3.8) is 0 Å². The molecular formula is C6H12BrN. The fraction of sp³-hybridized carbons (Fsp3) is 1.00. The molecule has 1 rings (SSSR count). The third kappa shape index (κ3) is 1.46. The Morgan fingerprint density at radius 1 is 1.62 bits per heavy atom. The van der Waals surface area contributed by atoms with E-state index in [0.29, 0.717) is 0 Å². The fourth-order valence-corrected chi connectivity index (χ4v) is 2.17. The molecule has 0 radical (unpaired) electrons. The second kappa shape index (κ2) is 2.83. The smallest absolute Gasteiger partial charge is 0.0152 e. The van der Waals surface area contributed by atoms with Crippen molar-refractivity contribution in [2.75, 3.05) is 13.6 Å². The lowest BCUT2D eigenvalue weighted by molar-refractivity contribution is 0.325. The van der Waals surface area contributed by atoms with Crippen LogP contribution in [0, 0.1) is 5.92 Å². The molecule has 8 heavy (non-hydrogen) atoms. The van der Waals surface area contributed by atoms with Gasteiger partial charge in [0, 0.05) is 4.83 Å². The molecule has 48 valence electrons. The van der Waals surface area contributed by atoms with Gasteiger partial charge in [-0.2, -0.15) is 0 Å². The standard InChI is InChI=1S/C6H12BrN/c1-8-4-5-2-6(7)3-5/h5-6,8H,2-4H2,1H3. The van der Waals surface area contributed by atoms with Crippen LogP contribution in [-0.2, 0) is 0 Å². The van der Waals surface area contributed by atoms with Gasteiger partial charge < -0.3 is 5.32 Å². The van der Waals surface area contributed by atoms with E-state index in [4.69, 9.17) is 0 Å². The molecule has 0 amide bonds. The lowest BCUT2D eigenvalue weighted by Gasteiger charge is -2.30. The Bertz CT molecular complexity index is 66.2. The minimum Gasteiger partial charge on any atom is -0.319 e. The van der Waals surface area contributed by atoms with Gasteiger partial charge in [0.1, 0.15) is 0 Å². The maximum Gasteiger partial charge on any atom is 0.0152 e. The van der Waals surface area contributed by atoms with E-state index in [0.717, 1.165) is 10.7 Å². The first-order valence-corrected chi connectivity index (χ1v) is 4.03. The number of alkyl halides is 1. The first-order chi connectivity index (χ1) is 3.83. The van der Waals surface area contributed by atoms with Gasteiger partial charge in [-0.15, -0.1) is 0 Å². The summed E-state index contributed by atoms with van der Waals surface area (Å²) in [6.07, 6.45) is 2.72. The Morgan fingerprint density at radius 2 is 2.25 bits per heavy atom. The largest absolute Gasteiger partial charge is 0.319 e. The summed E-state index contributed by atoms with van der Waals surface area (Å²) in [5.41, 5.74) is 0. The molecule has 1 N–H and O–H groups in total. The molecule has 1 saturated carbocycles. The molecule has 0 aromatic heterocycles. The minimum absolute atomic E-state index is 0.820. The van der Waals surface area contributed by atoms with E-state index in [1.165, 1.54) is 19.4 Å². The highest BCUT2D eigenvalue weighted by Crippen LogP contribution is 2.32. The summed E-state index contributed by atoms with van der Waals surface area (Å²) in [7, 11) is 2.02. The van der Waals surface area contributed by atoms with Crippen molar-refractivity contribution in [3.8, 4) is 0 Å². The first-order valence-electron chi connectivity index (χ1n) is 3.11. The Balaban J connectivity index is 1.98. The van der Waals surface area contributed by atoms with Gasteiger partial charge in [-0.05, 0) is 32.4 Å². The van der Waals surface area contributed by atoms with Gasteiger partial charge in [-0.1, -0.05) is 15.9 Å². The molecule has 0 heterocycles. The van der Waals surface area contributed by atoms with E-state index in [1.54, 1.807) is 0 Å². The third-order valence-corrected chi connectivity index (χ3v) is 2.42. The maximum absolute atomic E-state index is 3.54. The second-order valence-corrected chi connectivity index (χ2v) is 3.79. The molecule has 1 aliphatic carbocycles. The van der Waals surface area contributed by atoms with Crippen LogP contribution in [0.2, 0.25) is 0 Å². The van der Waals surface area contributed by atoms with Crippen molar-refractivity contribution in [1.29, 1.82) is 0 Å². The van der Waals surface area contributed by atoms with Crippen molar-refractivity contribution in [1.82, 2.24) is 5.32 Å².